The topological polar surface area (TPSA) is 12.5 Å². The first-order valence-electron chi connectivity index (χ1n) is 7.90. The molecule has 1 fully saturated rings. The third-order valence-corrected chi connectivity index (χ3v) is 4.08. The van der Waals surface area contributed by atoms with E-state index in [-0.39, 0.29) is 0 Å². The van der Waals surface area contributed by atoms with E-state index in [1.807, 2.05) is 0 Å². The van der Waals surface area contributed by atoms with E-state index in [0.29, 0.717) is 12.2 Å². The number of hydrogen-bond donors (Lipinski definition) is 0. The van der Waals surface area contributed by atoms with Crippen molar-refractivity contribution >= 4 is 0 Å². The van der Waals surface area contributed by atoms with E-state index in [1.54, 1.807) is 0 Å². The summed E-state index contributed by atoms with van der Waals surface area (Å²) >= 11 is 0. The second kappa shape index (κ2) is 7.25. The lowest BCUT2D eigenvalue weighted by molar-refractivity contribution is -0.0803. The fourth-order valence-corrected chi connectivity index (χ4v) is 3.24. The van der Waals surface area contributed by atoms with E-state index in [0.717, 1.165) is 25.4 Å². The summed E-state index contributed by atoms with van der Waals surface area (Å²) in [5.41, 5.74) is 1.53. The lowest BCUT2D eigenvalue weighted by atomic mass is 9.96. The highest BCUT2D eigenvalue weighted by Crippen LogP contribution is 2.21. The number of hydrogen-bond acceptors (Lipinski definition) is 2. The van der Waals surface area contributed by atoms with Gasteiger partial charge >= 0.3 is 0 Å². The smallest absolute Gasteiger partial charge is 0.0703 e. The zero-order valence-corrected chi connectivity index (χ0v) is 12.8. The molecule has 0 bridgehead atoms. The number of allylic oxidation sites excluding steroid dienone is 4. The van der Waals surface area contributed by atoms with E-state index in [1.165, 1.54) is 31.4 Å². The molecule has 2 aliphatic rings. The molecule has 19 heavy (non-hydrogen) atoms. The summed E-state index contributed by atoms with van der Waals surface area (Å²) in [6.07, 6.45) is 12.7. The number of morpholine rings is 1. The molecule has 1 saturated heterocycles. The molecule has 0 aromatic carbocycles. The summed E-state index contributed by atoms with van der Waals surface area (Å²) in [4.78, 5) is 2.60. The zero-order valence-electron chi connectivity index (χ0n) is 12.8. The zero-order chi connectivity index (χ0) is 13.7. The van der Waals surface area contributed by atoms with Crippen molar-refractivity contribution in [2.45, 2.75) is 58.7 Å². The van der Waals surface area contributed by atoms with Crippen LogP contribution in [0.2, 0.25) is 0 Å². The standard InChI is InChI=1S/C17H29NO/c1-4-17-13-18(12-15(3)19-17)11-14(2)10-16-8-6-5-7-9-16/h6,8-9,14-15,17H,4-5,7,10-13H2,1-3H3/t14?,15-,17+/m1/s1. The van der Waals surface area contributed by atoms with Gasteiger partial charge in [0.15, 0.2) is 0 Å². The van der Waals surface area contributed by atoms with Crippen molar-refractivity contribution in [3.8, 4) is 0 Å². The molecule has 2 nitrogen and oxygen atoms in total. The molecular formula is C17H29NO. The van der Waals surface area contributed by atoms with Gasteiger partial charge in [0.1, 0.15) is 0 Å². The van der Waals surface area contributed by atoms with Crippen molar-refractivity contribution in [3.05, 3.63) is 23.8 Å². The van der Waals surface area contributed by atoms with Gasteiger partial charge in [0.25, 0.3) is 0 Å². The third kappa shape index (κ3) is 4.77. The first-order valence-corrected chi connectivity index (χ1v) is 7.90. The van der Waals surface area contributed by atoms with Gasteiger partial charge < -0.3 is 4.74 Å². The summed E-state index contributed by atoms with van der Waals surface area (Å²) < 4.78 is 5.93. The van der Waals surface area contributed by atoms with Gasteiger partial charge in [0.05, 0.1) is 12.2 Å². The first kappa shape index (κ1) is 14.8. The highest BCUT2D eigenvalue weighted by Gasteiger charge is 2.24. The maximum absolute atomic E-state index is 5.93. The molecule has 1 heterocycles. The normalized spacial score (nSPS) is 30.2. The van der Waals surface area contributed by atoms with Crippen LogP contribution in [-0.2, 0) is 4.74 Å². The van der Waals surface area contributed by atoms with E-state index < -0.39 is 0 Å². The van der Waals surface area contributed by atoms with Crippen LogP contribution in [-0.4, -0.2) is 36.7 Å². The molecule has 0 spiro atoms. The third-order valence-electron chi connectivity index (χ3n) is 4.08. The summed E-state index contributed by atoms with van der Waals surface area (Å²) in [6, 6.07) is 0. The molecule has 0 aromatic rings. The molecule has 108 valence electrons. The predicted molar refractivity (Wildman–Crippen MR) is 81.3 cm³/mol. The van der Waals surface area contributed by atoms with Gasteiger partial charge in [-0.15, -0.1) is 0 Å². The molecule has 2 heteroatoms. The quantitative estimate of drug-likeness (QED) is 0.748. The van der Waals surface area contributed by atoms with Crippen LogP contribution in [0.1, 0.15) is 46.5 Å². The van der Waals surface area contributed by atoms with Crippen LogP contribution in [0.3, 0.4) is 0 Å². The van der Waals surface area contributed by atoms with Crippen LogP contribution in [0, 0.1) is 5.92 Å². The number of rotatable bonds is 5. The molecule has 0 aromatic heterocycles. The largest absolute Gasteiger partial charge is 0.373 e. The summed E-state index contributed by atoms with van der Waals surface area (Å²) in [7, 11) is 0. The Bertz CT molecular complexity index is 334. The van der Waals surface area contributed by atoms with E-state index in [2.05, 4.69) is 43.9 Å². The Morgan fingerprint density at radius 2 is 2.21 bits per heavy atom. The Kier molecular flexibility index (Phi) is 5.65. The Morgan fingerprint density at radius 3 is 2.89 bits per heavy atom. The Hall–Kier alpha value is -0.600. The highest BCUT2D eigenvalue weighted by molar-refractivity contribution is 5.22. The molecule has 3 atom stereocenters. The first-order chi connectivity index (χ1) is 9.17. The minimum absolute atomic E-state index is 0.389. The van der Waals surface area contributed by atoms with E-state index in [9.17, 15) is 0 Å². The van der Waals surface area contributed by atoms with Crippen molar-refractivity contribution in [2.75, 3.05) is 19.6 Å². The number of nitrogens with zero attached hydrogens (tertiary/aromatic N) is 1. The van der Waals surface area contributed by atoms with Gasteiger partial charge in [0, 0.05) is 19.6 Å². The van der Waals surface area contributed by atoms with Crippen molar-refractivity contribution < 1.29 is 4.74 Å². The SMILES string of the molecule is CC[C@H]1CN(CC(C)CC2=CCCC=C2)C[C@@H](C)O1. The molecule has 0 N–H and O–H groups in total. The van der Waals surface area contributed by atoms with Crippen LogP contribution >= 0.6 is 0 Å². The van der Waals surface area contributed by atoms with Crippen LogP contribution in [0.5, 0.6) is 0 Å². The summed E-state index contributed by atoms with van der Waals surface area (Å²) in [6.45, 7) is 10.2. The molecule has 0 saturated carbocycles. The van der Waals surface area contributed by atoms with Crippen LogP contribution in [0.4, 0.5) is 0 Å². The van der Waals surface area contributed by atoms with E-state index in [4.69, 9.17) is 4.74 Å². The lowest BCUT2D eigenvalue weighted by Gasteiger charge is -2.37. The molecule has 2 rings (SSSR count). The second-order valence-corrected chi connectivity index (χ2v) is 6.26. The summed E-state index contributed by atoms with van der Waals surface area (Å²) in [5.74, 6) is 0.733. The maximum atomic E-state index is 5.93. The van der Waals surface area contributed by atoms with Gasteiger partial charge in [0.2, 0.25) is 0 Å². The van der Waals surface area contributed by atoms with Crippen molar-refractivity contribution in [3.63, 3.8) is 0 Å². The van der Waals surface area contributed by atoms with Gasteiger partial charge in [-0.3, -0.25) is 4.90 Å². The van der Waals surface area contributed by atoms with Gasteiger partial charge in [-0.1, -0.05) is 37.6 Å². The monoisotopic (exact) mass is 263 g/mol. The lowest BCUT2D eigenvalue weighted by Crippen LogP contribution is -2.47. The molecule has 1 aliphatic carbocycles. The van der Waals surface area contributed by atoms with Crippen molar-refractivity contribution in [2.24, 2.45) is 5.92 Å². The van der Waals surface area contributed by atoms with Crippen LogP contribution in [0.25, 0.3) is 0 Å². The van der Waals surface area contributed by atoms with Gasteiger partial charge in [-0.25, -0.2) is 0 Å². The van der Waals surface area contributed by atoms with Gasteiger partial charge in [-0.2, -0.15) is 0 Å². The molecular weight excluding hydrogens is 234 g/mol. The number of ether oxygens (including phenoxy) is 1. The molecule has 1 aliphatic heterocycles. The Morgan fingerprint density at radius 1 is 1.37 bits per heavy atom. The maximum Gasteiger partial charge on any atom is 0.0703 e. The minimum atomic E-state index is 0.389. The fraction of sp³-hybridized carbons (Fsp3) is 0.765. The minimum Gasteiger partial charge on any atom is -0.373 e. The second-order valence-electron chi connectivity index (χ2n) is 6.26. The fourth-order valence-electron chi connectivity index (χ4n) is 3.24. The van der Waals surface area contributed by atoms with Crippen molar-refractivity contribution in [1.29, 1.82) is 0 Å². The Labute approximate surface area is 118 Å². The highest BCUT2D eigenvalue weighted by atomic mass is 16.5. The van der Waals surface area contributed by atoms with Crippen molar-refractivity contribution in [1.82, 2.24) is 4.90 Å². The molecule has 0 radical (unpaired) electrons. The predicted octanol–water partition coefficient (Wildman–Crippen LogP) is 3.79. The van der Waals surface area contributed by atoms with E-state index >= 15 is 0 Å². The average molecular weight is 263 g/mol. The molecule has 0 amide bonds. The van der Waals surface area contributed by atoms with Gasteiger partial charge in [-0.05, 0) is 38.5 Å². The average Bonchev–Trinajstić information content (AvgIpc) is 2.38. The van der Waals surface area contributed by atoms with Crippen LogP contribution < -0.4 is 0 Å². The summed E-state index contributed by atoms with van der Waals surface area (Å²) in [5, 5.41) is 0. The van der Waals surface area contributed by atoms with Crippen LogP contribution in [0.15, 0.2) is 23.8 Å². The molecule has 1 unspecified atom stereocenters. The Balaban J connectivity index is 1.79.